The van der Waals surface area contributed by atoms with Crippen molar-refractivity contribution in [2.24, 2.45) is 0 Å². The van der Waals surface area contributed by atoms with Gasteiger partial charge in [0.05, 0.1) is 12.2 Å². The molecule has 6 aromatic carbocycles. The molecule has 0 saturated heterocycles. The predicted molar refractivity (Wildman–Crippen MR) is 250 cm³/mol. The van der Waals surface area contributed by atoms with Gasteiger partial charge < -0.3 is 29.5 Å². The number of ether oxygens (including phenoxy) is 2. The van der Waals surface area contributed by atoms with E-state index in [9.17, 15) is 10.2 Å². The van der Waals surface area contributed by atoms with Gasteiger partial charge in [0.2, 0.25) is 0 Å². The number of aliphatic hydroxyl groups is 2. The minimum atomic E-state index is -1.61. The fraction of sp³-hybridized carbons (Fsp3) is 0.333. The van der Waals surface area contributed by atoms with Crippen molar-refractivity contribution in [3.8, 4) is 22.6 Å². The average Bonchev–Trinajstić information content (AvgIpc) is 3.27. The highest BCUT2D eigenvalue weighted by molar-refractivity contribution is 5.77. The van der Waals surface area contributed by atoms with E-state index < -0.39 is 11.2 Å². The zero-order valence-electron chi connectivity index (χ0n) is 36.9. The molecule has 2 N–H and O–H groups in total. The van der Waals surface area contributed by atoms with E-state index in [0.29, 0.717) is 22.3 Å². The molecule has 314 valence electrons. The van der Waals surface area contributed by atoms with Crippen molar-refractivity contribution in [1.29, 1.82) is 0 Å². The van der Waals surface area contributed by atoms with Gasteiger partial charge in [-0.05, 0) is 109 Å². The Morgan fingerprint density at radius 2 is 0.750 bits per heavy atom. The molecule has 6 heteroatoms. The van der Waals surface area contributed by atoms with Crippen LogP contribution in [0.4, 0.5) is 11.4 Å². The molecule has 0 aliphatic heterocycles. The van der Waals surface area contributed by atoms with E-state index in [4.69, 9.17) is 9.47 Å². The van der Waals surface area contributed by atoms with Crippen LogP contribution in [0, 0.1) is 0 Å². The molecule has 0 saturated carbocycles. The minimum Gasteiger partial charge on any atom is -0.491 e. The van der Waals surface area contributed by atoms with Crippen molar-refractivity contribution < 1.29 is 19.7 Å². The summed E-state index contributed by atoms with van der Waals surface area (Å²) in [6.45, 7) is 8.59. The summed E-state index contributed by atoms with van der Waals surface area (Å²) in [7, 11) is 8.05. The Morgan fingerprint density at radius 3 is 1.05 bits per heavy atom. The zero-order valence-corrected chi connectivity index (χ0v) is 36.9. The third kappa shape index (κ3) is 9.57. The van der Waals surface area contributed by atoms with Crippen LogP contribution < -0.4 is 19.3 Å². The summed E-state index contributed by atoms with van der Waals surface area (Å²) < 4.78 is 12.6. The van der Waals surface area contributed by atoms with Crippen LogP contribution in [-0.2, 0) is 11.2 Å². The first-order valence-electron chi connectivity index (χ1n) is 21.6. The first-order chi connectivity index (χ1) is 28.9. The number of hydrogen-bond acceptors (Lipinski definition) is 6. The van der Waals surface area contributed by atoms with Crippen LogP contribution in [0.2, 0.25) is 0 Å². The van der Waals surface area contributed by atoms with E-state index >= 15 is 0 Å². The fourth-order valence-electron chi connectivity index (χ4n) is 8.14. The van der Waals surface area contributed by atoms with E-state index in [-0.39, 0.29) is 12.2 Å². The Balaban J connectivity index is 1.54. The maximum absolute atomic E-state index is 13.6. The number of rotatable bonds is 19. The smallest absolute Gasteiger partial charge is 0.141 e. The van der Waals surface area contributed by atoms with Gasteiger partial charge in [0, 0.05) is 50.7 Å². The lowest BCUT2D eigenvalue weighted by atomic mass is 9.73. The standard InChI is InChI=1S/C54H64N2O4/c1-9-11-17-39(3)59-47-35-27-43(28-36-47)54(58,44-29-37-48(38-30-44)60-40(4)18-12-10-2)52-22-16-14-20-50(52)49-19-13-15-21-51(49)53(57,41-23-31-45(32-24-41)55(5)6)42-25-33-46(34-26-42)56(7)8/h13-16,19-40,57-58H,9-12,17-18H2,1-8H3/t39-,40-/m1/s1. The van der Waals surface area contributed by atoms with Crippen LogP contribution in [0.25, 0.3) is 11.1 Å². The van der Waals surface area contributed by atoms with Gasteiger partial charge in [-0.25, -0.2) is 0 Å². The number of anilines is 2. The van der Waals surface area contributed by atoms with Crippen molar-refractivity contribution in [2.75, 3.05) is 38.0 Å². The molecule has 0 amide bonds. The molecular formula is C54H64N2O4. The summed E-state index contributed by atoms with van der Waals surface area (Å²) in [4.78, 5) is 4.11. The van der Waals surface area contributed by atoms with Crippen LogP contribution in [0.1, 0.15) is 99.6 Å². The van der Waals surface area contributed by atoms with Gasteiger partial charge in [0.1, 0.15) is 22.7 Å². The molecular weight excluding hydrogens is 741 g/mol. The third-order valence-corrected chi connectivity index (χ3v) is 11.7. The molecule has 0 heterocycles. The molecule has 0 aromatic heterocycles. The topological polar surface area (TPSA) is 65.4 Å². The summed E-state index contributed by atoms with van der Waals surface area (Å²) in [6, 6.07) is 47.9. The monoisotopic (exact) mass is 804 g/mol. The molecule has 2 atom stereocenters. The Morgan fingerprint density at radius 1 is 0.450 bits per heavy atom. The maximum atomic E-state index is 13.6. The fourth-order valence-corrected chi connectivity index (χ4v) is 8.14. The SMILES string of the molecule is CCCC[C@@H](C)Oc1ccc(C(O)(c2ccc(O[C@H](C)CCCC)cc2)c2ccccc2-c2ccccc2C(O)(c2ccc(N(C)C)cc2)c2ccc(N(C)C)cc2)cc1. The molecule has 60 heavy (non-hydrogen) atoms. The molecule has 6 nitrogen and oxygen atoms in total. The molecule has 0 fully saturated rings. The van der Waals surface area contributed by atoms with Crippen molar-refractivity contribution in [1.82, 2.24) is 0 Å². The van der Waals surface area contributed by atoms with E-state index in [1.807, 2.05) is 174 Å². The number of benzene rings is 6. The van der Waals surface area contributed by atoms with E-state index in [2.05, 4.69) is 37.5 Å². The van der Waals surface area contributed by atoms with Crippen LogP contribution in [0.3, 0.4) is 0 Å². The zero-order chi connectivity index (χ0) is 42.9. The van der Waals surface area contributed by atoms with Crippen LogP contribution in [0.5, 0.6) is 11.5 Å². The highest BCUT2D eigenvalue weighted by Gasteiger charge is 2.40. The van der Waals surface area contributed by atoms with Gasteiger partial charge >= 0.3 is 0 Å². The van der Waals surface area contributed by atoms with Gasteiger partial charge in [0.15, 0.2) is 0 Å². The lowest BCUT2D eigenvalue weighted by Gasteiger charge is -2.35. The molecule has 0 bridgehead atoms. The van der Waals surface area contributed by atoms with Crippen molar-refractivity contribution in [3.63, 3.8) is 0 Å². The number of unbranched alkanes of at least 4 members (excludes halogenated alkanes) is 2. The van der Waals surface area contributed by atoms with E-state index in [1.165, 1.54) is 0 Å². The predicted octanol–water partition coefficient (Wildman–Crippen LogP) is 12.0. The second-order valence-electron chi connectivity index (χ2n) is 16.6. The normalized spacial score (nSPS) is 12.8. The van der Waals surface area contributed by atoms with Gasteiger partial charge in [-0.15, -0.1) is 0 Å². The van der Waals surface area contributed by atoms with Crippen molar-refractivity contribution in [2.45, 2.75) is 89.6 Å². The lowest BCUT2D eigenvalue weighted by Crippen LogP contribution is -2.31. The number of nitrogens with zero attached hydrogens (tertiary/aromatic N) is 2. The van der Waals surface area contributed by atoms with Gasteiger partial charge in [-0.2, -0.15) is 0 Å². The van der Waals surface area contributed by atoms with Gasteiger partial charge in [-0.3, -0.25) is 0 Å². The summed E-state index contributed by atoms with van der Waals surface area (Å²) >= 11 is 0. The Labute approximate surface area is 359 Å². The molecule has 0 radical (unpaired) electrons. The number of hydrogen-bond donors (Lipinski definition) is 2. The summed E-state index contributed by atoms with van der Waals surface area (Å²) in [5.41, 5.74) is 4.74. The second-order valence-corrected chi connectivity index (χ2v) is 16.6. The molecule has 0 aliphatic carbocycles. The lowest BCUT2D eigenvalue weighted by molar-refractivity contribution is 0.124. The first kappa shape index (κ1) is 44.0. The Hall–Kier alpha value is -5.56. The molecule has 0 unspecified atom stereocenters. The third-order valence-electron chi connectivity index (χ3n) is 11.7. The molecule has 6 aromatic rings. The minimum absolute atomic E-state index is 0.0797. The van der Waals surface area contributed by atoms with Gasteiger partial charge in [-0.1, -0.05) is 137 Å². The van der Waals surface area contributed by atoms with Crippen molar-refractivity contribution in [3.05, 3.63) is 179 Å². The highest BCUT2D eigenvalue weighted by atomic mass is 16.5. The molecule has 0 aliphatic rings. The molecule has 6 rings (SSSR count). The average molecular weight is 805 g/mol. The summed E-state index contributed by atoms with van der Waals surface area (Å²) in [5, 5.41) is 27.0. The van der Waals surface area contributed by atoms with Crippen LogP contribution >= 0.6 is 0 Å². The molecule has 0 spiro atoms. The van der Waals surface area contributed by atoms with Crippen LogP contribution in [-0.4, -0.2) is 50.6 Å². The highest BCUT2D eigenvalue weighted by Crippen LogP contribution is 2.47. The van der Waals surface area contributed by atoms with E-state index in [1.54, 1.807) is 0 Å². The Bertz CT molecular complexity index is 2140. The van der Waals surface area contributed by atoms with Crippen molar-refractivity contribution >= 4 is 11.4 Å². The second kappa shape index (κ2) is 19.7. The van der Waals surface area contributed by atoms with Crippen LogP contribution in [0.15, 0.2) is 146 Å². The summed E-state index contributed by atoms with van der Waals surface area (Å²) in [6.07, 6.45) is 6.56. The maximum Gasteiger partial charge on any atom is 0.141 e. The largest absolute Gasteiger partial charge is 0.491 e. The quantitative estimate of drug-likeness (QED) is 0.0795. The van der Waals surface area contributed by atoms with E-state index in [0.717, 1.165) is 83.7 Å². The Kier molecular flexibility index (Phi) is 14.4. The summed E-state index contributed by atoms with van der Waals surface area (Å²) in [5.74, 6) is 1.53. The first-order valence-corrected chi connectivity index (χ1v) is 21.6. The van der Waals surface area contributed by atoms with Gasteiger partial charge in [0.25, 0.3) is 0 Å².